The van der Waals surface area contributed by atoms with Crippen molar-refractivity contribution >= 4 is 51.7 Å². The normalized spacial score (nSPS) is 10.5. The second-order valence-corrected chi connectivity index (χ2v) is 9.82. The summed E-state index contributed by atoms with van der Waals surface area (Å²) in [5.74, 6) is 0.878. The highest BCUT2D eigenvalue weighted by Gasteiger charge is 2.19. The molecule has 0 spiro atoms. The second-order valence-electron chi connectivity index (χ2n) is 6.29. The van der Waals surface area contributed by atoms with Crippen LogP contribution in [0.2, 0.25) is 0 Å². The van der Waals surface area contributed by atoms with Gasteiger partial charge in [-0.1, -0.05) is 78.6 Å². The summed E-state index contributed by atoms with van der Waals surface area (Å²) in [5.41, 5.74) is 2.25. The third kappa shape index (κ3) is 6.46. The van der Waals surface area contributed by atoms with Gasteiger partial charge in [0, 0.05) is 17.0 Å². The first kappa shape index (κ1) is 23.1. The van der Waals surface area contributed by atoms with Crippen LogP contribution in [0, 0.1) is 0 Å². The molecule has 0 saturated carbocycles. The van der Waals surface area contributed by atoms with Crippen molar-refractivity contribution in [1.82, 2.24) is 10.3 Å². The van der Waals surface area contributed by atoms with E-state index in [2.05, 4.69) is 24.1 Å². The van der Waals surface area contributed by atoms with Crippen LogP contribution in [-0.4, -0.2) is 34.8 Å². The van der Waals surface area contributed by atoms with Gasteiger partial charge >= 0.3 is 0 Å². The van der Waals surface area contributed by atoms with Crippen LogP contribution in [-0.2, 0) is 4.79 Å². The number of carbonyl (C=O) groups excluding carboxylic acids is 2. The number of thiazole rings is 1. The van der Waals surface area contributed by atoms with E-state index in [1.54, 1.807) is 17.8 Å². The zero-order valence-electron chi connectivity index (χ0n) is 17.1. The maximum Gasteiger partial charge on any atom is 0.257 e. The number of hydrogen-bond acceptors (Lipinski definition) is 6. The minimum atomic E-state index is -0.169. The molecule has 0 aliphatic carbocycles. The summed E-state index contributed by atoms with van der Waals surface area (Å²) in [6.45, 7) is 6.09. The van der Waals surface area contributed by atoms with Gasteiger partial charge in [0.15, 0.2) is 4.34 Å². The molecule has 0 unspecified atom stereocenters. The Morgan fingerprint density at radius 2 is 1.84 bits per heavy atom. The van der Waals surface area contributed by atoms with Crippen LogP contribution < -0.4 is 10.6 Å². The molecule has 0 saturated heterocycles. The molecule has 2 N–H and O–H groups in total. The molecule has 31 heavy (non-hydrogen) atoms. The molecular formula is C23H23N3O2S3. The Morgan fingerprint density at radius 1 is 1.10 bits per heavy atom. The molecule has 1 aromatic heterocycles. The molecule has 3 rings (SSSR count). The molecule has 5 nitrogen and oxygen atoms in total. The van der Waals surface area contributed by atoms with E-state index in [1.165, 1.54) is 23.1 Å². The number of aromatic nitrogens is 1. The van der Waals surface area contributed by atoms with Crippen molar-refractivity contribution in [2.24, 2.45) is 0 Å². The van der Waals surface area contributed by atoms with Crippen LogP contribution in [0.5, 0.6) is 0 Å². The summed E-state index contributed by atoms with van der Waals surface area (Å²) < 4.78 is 0.721. The van der Waals surface area contributed by atoms with Crippen molar-refractivity contribution in [3.63, 3.8) is 0 Å². The topological polar surface area (TPSA) is 71.1 Å². The van der Waals surface area contributed by atoms with E-state index in [1.807, 2.05) is 54.6 Å². The standard InChI is InChI=1S/C23H23N3O2S3/c1-3-14-24-19(27)15-30-23-25-20(16-10-6-5-7-11-16)22(31-23)26-21(28)17-12-8-9-13-18(17)29-4-2/h3,5-13H,1,4,14-15H2,2H3,(H,24,27)(H,26,28). The summed E-state index contributed by atoms with van der Waals surface area (Å²) in [6, 6.07) is 17.3. The van der Waals surface area contributed by atoms with Gasteiger partial charge < -0.3 is 10.6 Å². The highest BCUT2D eigenvalue weighted by molar-refractivity contribution is 8.01. The van der Waals surface area contributed by atoms with E-state index >= 15 is 0 Å². The molecule has 3 aromatic rings. The molecular weight excluding hydrogens is 446 g/mol. The van der Waals surface area contributed by atoms with Gasteiger partial charge in [-0.2, -0.15) is 0 Å². The van der Waals surface area contributed by atoms with Crippen LogP contribution in [0.4, 0.5) is 5.00 Å². The first-order chi connectivity index (χ1) is 15.1. The van der Waals surface area contributed by atoms with E-state index in [0.29, 0.717) is 22.8 Å². The fourth-order valence-corrected chi connectivity index (χ4v) is 5.40. The molecule has 160 valence electrons. The summed E-state index contributed by atoms with van der Waals surface area (Å²) in [4.78, 5) is 30.6. The summed E-state index contributed by atoms with van der Waals surface area (Å²) >= 11 is 4.36. The van der Waals surface area contributed by atoms with Crippen LogP contribution >= 0.6 is 34.9 Å². The summed E-state index contributed by atoms with van der Waals surface area (Å²) in [7, 11) is 0. The number of thioether (sulfide) groups is 2. The number of anilines is 1. The van der Waals surface area contributed by atoms with Crippen molar-refractivity contribution in [3.8, 4) is 11.3 Å². The van der Waals surface area contributed by atoms with Gasteiger partial charge in [0.1, 0.15) is 10.7 Å². The van der Waals surface area contributed by atoms with E-state index < -0.39 is 0 Å². The predicted octanol–water partition coefficient (Wildman–Crippen LogP) is 5.57. The third-order valence-electron chi connectivity index (χ3n) is 4.08. The Labute approximate surface area is 194 Å². The third-order valence-corrected chi connectivity index (χ3v) is 7.15. The van der Waals surface area contributed by atoms with Crippen molar-refractivity contribution < 1.29 is 9.59 Å². The van der Waals surface area contributed by atoms with Gasteiger partial charge in [-0.3, -0.25) is 9.59 Å². The molecule has 0 radical (unpaired) electrons. The van der Waals surface area contributed by atoms with Crippen LogP contribution in [0.3, 0.4) is 0 Å². The molecule has 1 heterocycles. The van der Waals surface area contributed by atoms with Crippen molar-refractivity contribution in [3.05, 3.63) is 72.8 Å². The zero-order chi connectivity index (χ0) is 22.1. The Kier molecular flexibility index (Phi) is 8.75. The van der Waals surface area contributed by atoms with Crippen molar-refractivity contribution in [1.29, 1.82) is 0 Å². The number of nitrogens with zero attached hydrogens (tertiary/aromatic N) is 1. The van der Waals surface area contributed by atoms with E-state index in [0.717, 1.165) is 20.6 Å². The summed E-state index contributed by atoms with van der Waals surface area (Å²) in [6.07, 6.45) is 1.64. The Hall–Kier alpha value is -2.55. The lowest BCUT2D eigenvalue weighted by Crippen LogP contribution is -2.24. The largest absolute Gasteiger partial charge is 0.352 e. The summed E-state index contributed by atoms with van der Waals surface area (Å²) in [5, 5.41) is 6.47. The second kappa shape index (κ2) is 11.7. The maximum absolute atomic E-state index is 13.1. The van der Waals surface area contributed by atoms with Crippen molar-refractivity contribution in [2.45, 2.75) is 16.2 Å². The number of carbonyl (C=O) groups is 2. The highest BCUT2D eigenvalue weighted by atomic mass is 32.2. The van der Waals surface area contributed by atoms with Gasteiger partial charge in [0.25, 0.3) is 5.91 Å². The molecule has 0 bridgehead atoms. The predicted molar refractivity (Wildman–Crippen MR) is 132 cm³/mol. The number of rotatable bonds is 10. The number of nitrogens with one attached hydrogen (secondary N) is 2. The van der Waals surface area contributed by atoms with Crippen LogP contribution in [0.1, 0.15) is 17.3 Å². The SMILES string of the molecule is C=CCNC(=O)CSc1nc(-c2ccccc2)c(NC(=O)c2ccccc2SCC)s1. The lowest BCUT2D eigenvalue weighted by molar-refractivity contribution is -0.118. The smallest absolute Gasteiger partial charge is 0.257 e. The fourth-order valence-electron chi connectivity index (χ4n) is 2.71. The minimum absolute atomic E-state index is 0.0857. The molecule has 8 heteroatoms. The lowest BCUT2D eigenvalue weighted by atomic mass is 10.1. The maximum atomic E-state index is 13.1. The molecule has 0 fully saturated rings. The van der Waals surface area contributed by atoms with Gasteiger partial charge in [-0.05, 0) is 17.9 Å². The van der Waals surface area contributed by atoms with Crippen LogP contribution in [0.15, 0.2) is 76.5 Å². The molecule has 2 amide bonds. The Balaban J connectivity index is 1.84. The lowest BCUT2D eigenvalue weighted by Gasteiger charge is -2.09. The molecule has 2 aromatic carbocycles. The zero-order valence-corrected chi connectivity index (χ0v) is 19.5. The van der Waals surface area contributed by atoms with Gasteiger partial charge in [-0.15, -0.1) is 18.3 Å². The Bertz CT molecular complexity index is 1050. The van der Waals surface area contributed by atoms with E-state index in [-0.39, 0.29) is 17.6 Å². The van der Waals surface area contributed by atoms with E-state index in [4.69, 9.17) is 4.98 Å². The van der Waals surface area contributed by atoms with Crippen LogP contribution in [0.25, 0.3) is 11.3 Å². The number of amides is 2. The average molecular weight is 470 g/mol. The highest BCUT2D eigenvalue weighted by Crippen LogP contribution is 2.38. The minimum Gasteiger partial charge on any atom is -0.352 e. The molecule has 0 aliphatic rings. The quantitative estimate of drug-likeness (QED) is 0.300. The monoisotopic (exact) mass is 469 g/mol. The fraction of sp³-hybridized carbons (Fsp3) is 0.174. The molecule has 0 aliphatic heterocycles. The van der Waals surface area contributed by atoms with Gasteiger partial charge in [-0.25, -0.2) is 4.98 Å². The van der Waals surface area contributed by atoms with Gasteiger partial charge in [0.2, 0.25) is 5.91 Å². The first-order valence-electron chi connectivity index (χ1n) is 9.72. The van der Waals surface area contributed by atoms with Crippen molar-refractivity contribution in [2.75, 3.05) is 23.4 Å². The average Bonchev–Trinajstić information content (AvgIpc) is 3.20. The molecule has 0 atom stereocenters. The number of hydrogen-bond donors (Lipinski definition) is 2. The number of benzene rings is 2. The Morgan fingerprint density at radius 3 is 2.58 bits per heavy atom. The van der Waals surface area contributed by atoms with Gasteiger partial charge in [0.05, 0.1) is 11.3 Å². The first-order valence-corrected chi connectivity index (χ1v) is 12.5. The van der Waals surface area contributed by atoms with E-state index in [9.17, 15) is 9.59 Å².